The summed E-state index contributed by atoms with van der Waals surface area (Å²) in [5.74, 6) is 0.189. The number of aliphatic hydroxyl groups excluding tert-OH is 1. The number of fused-ring (bicyclic) bond motifs is 2. The van der Waals surface area contributed by atoms with Crippen molar-refractivity contribution in [3.05, 3.63) is 65.7 Å². The van der Waals surface area contributed by atoms with Crippen LogP contribution in [-0.2, 0) is 4.74 Å². The van der Waals surface area contributed by atoms with Crippen LogP contribution in [0.25, 0.3) is 0 Å². The fraction of sp³-hybridized carbons (Fsp3) is 0.440. The molecule has 2 saturated carbocycles. The Hall–Kier alpha value is -2.86. The number of anilines is 1. The molecule has 2 amide bonds. The molecule has 0 spiro atoms. The highest BCUT2D eigenvalue weighted by atomic mass is 16.6. The lowest BCUT2D eigenvalue weighted by Crippen LogP contribution is -2.53. The summed E-state index contributed by atoms with van der Waals surface area (Å²) in [5.41, 5.74) is 2.59. The molecule has 3 unspecified atom stereocenters. The van der Waals surface area contributed by atoms with E-state index in [1.165, 1.54) is 0 Å². The molecule has 0 aromatic heterocycles. The Labute approximate surface area is 182 Å². The lowest BCUT2D eigenvalue weighted by molar-refractivity contribution is 0.0515. The van der Waals surface area contributed by atoms with E-state index in [1.54, 1.807) is 0 Å². The Kier molecular flexibility index (Phi) is 5.40. The summed E-state index contributed by atoms with van der Waals surface area (Å²) in [6.07, 6.45) is 4.51. The molecule has 6 nitrogen and oxygen atoms in total. The number of nitrogens with zero attached hydrogens (tertiary/aromatic N) is 2. The van der Waals surface area contributed by atoms with Crippen LogP contribution in [0.2, 0.25) is 0 Å². The molecule has 3 atom stereocenters. The summed E-state index contributed by atoms with van der Waals surface area (Å²) >= 11 is 0. The van der Waals surface area contributed by atoms with E-state index in [1.807, 2.05) is 58.3 Å². The first-order chi connectivity index (χ1) is 15.2. The fourth-order valence-corrected chi connectivity index (χ4v) is 5.41. The number of hydrogen-bond donors (Lipinski definition) is 1. The number of para-hydroxylation sites is 1. The van der Waals surface area contributed by atoms with Crippen molar-refractivity contribution in [3.8, 4) is 0 Å². The SMILES string of the molecule is O=C(c1ccccc1)N1c2ccccc2C(N(C(=O)OCCO)C2CC2)C2CCCC21. The zero-order valence-electron chi connectivity index (χ0n) is 17.5. The molecule has 0 saturated heterocycles. The van der Waals surface area contributed by atoms with E-state index in [4.69, 9.17) is 9.84 Å². The molecule has 2 aromatic carbocycles. The minimum Gasteiger partial charge on any atom is -0.447 e. The van der Waals surface area contributed by atoms with Crippen molar-refractivity contribution < 1.29 is 19.4 Å². The van der Waals surface area contributed by atoms with Gasteiger partial charge in [0.05, 0.1) is 12.6 Å². The van der Waals surface area contributed by atoms with Gasteiger partial charge < -0.3 is 14.7 Å². The van der Waals surface area contributed by atoms with Gasteiger partial charge >= 0.3 is 6.09 Å². The number of benzene rings is 2. The van der Waals surface area contributed by atoms with Gasteiger partial charge in [0, 0.05) is 29.3 Å². The van der Waals surface area contributed by atoms with Gasteiger partial charge in [-0.05, 0) is 49.4 Å². The molecule has 2 aliphatic carbocycles. The average molecular weight is 421 g/mol. The summed E-state index contributed by atoms with van der Waals surface area (Å²) < 4.78 is 5.37. The number of ether oxygens (including phenoxy) is 1. The second-order valence-electron chi connectivity index (χ2n) is 8.68. The van der Waals surface area contributed by atoms with E-state index < -0.39 is 0 Å². The highest BCUT2D eigenvalue weighted by Gasteiger charge is 2.51. The van der Waals surface area contributed by atoms with Gasteiger partial charge in [-0.25, -0.2) is 4.79 Å². The highest BCUT2D eigenvalue weighted by molar-refractivity contribution is 6.07. The normalized spacial score (nSPS) is 24.3. The van der Waals surface area contributed by atoms with Crippen molar-refractivity contribution >= 4 is 17.7 Å². The third kappa shape index (κ3) is 3.59. The minimum atomic E-state index is -0.357. The molecule has 5 rings (SSSR count). The van der Waals surface area contributed by atoms with Crippen molar-refractivity contribution in [1.29, 1.82) is 0 Å². The van der Waals surface area contributed by atoms with Crippen molar-refractivity contribution in [2.45, 2.75) is 50.2 Å². The zero-order chi connectivity index (χ0) is 21.4. The van der Waals surface area contributed by atoms with Gasteiger partial charge in [0.15, 0.2) is 0 Å². The van der Waals surface area contributed by atoms with Gasteiger partial charge in [0.2, 0.25) is 0 Å². The third-order valence-electron chi connectivity index (χ3n) is 6.79. The van der Waals surface area contributed by atoms with Gasteiger partial charge in [-0.1, -0.05) is 42.8 Å². The van der Waals surface area contributed by atoms with Crippen molar-refractivity contribution in [2.24, 2.45) is 5.92 Å². The second kappa shape index (κ2) is 8.35. The molecule has 1 aliphatic heterocycles. The molecular formula is C25H28N2O4. The van der Waals surface area contributed by atoms with Crippen molar-refractivity contribution in [1.82, 2.24) is 4.90 Å². The average Bonchev–Trinajstić information content (AvgIpc) is 3.53. The van der Waals surface area contributed by atoms with Crippen LogP contribution in [0.3, 0.4) is 0 Å². The number of aliphatic hydroxyl groups is 1. The van der Waals surface area contributed by atoms with Crippen molar-refractivity contribution in [2.75, 3.05) is 18.1 Å². The molecule has 2 aromatic rings. The largest absolute Gasteiger partial charge is 0.447 e. The van der Waals surface area contributed by atoms with E-state index in [2.05, 4.69) is 6.07 Å². The van der Waals surface area contributed by atoms with Gasteiger partial charge in [-0.15, -0.1) is 0 Å². The van der Waals surface area contributed by atoms with Crippen LogP contribution in [0.4, 0.5) is 10.5 Å². The van der Waals surface area contributed by atoms with E-state index >= 15 is 0 Å². The molecule has 162 valence electrons. The number of amides is 2. The molecule has 3 aliphatic rings. The number of hydrogen-bond acceptors (Lipinski definition) is 4. The van der Waals surface area contributed by atoms with E-state index in [9.17, 15) is 9.59 Å². The lowest BCUT2D eigenvalue weighted by Gasteiger charge is -2.47. The highest BCUT2D eigenvalue weighted by Crippen LogP contribution is 2.52. The minimum absolute atomic E-state index is 0.00311. The summed E-state index contributed by atoms with van der Waals surface area (Å²) in [6, 6.07) is 17.5. The quantitative estimate of drug-likeness (QED) is 0.789. The Bertz CT molecular complexity index is 959. The first kappa shape index (κ1) is 20.1. The Morgan fingerprint density at radius 3 is 2.48 bits per heavy atom. The monoisotopic (exact) mass is 420 g/mol. The predicted octanol–water partition coefficient (Wildman–Crippen LogP) is 4.15. The van der Waals surface area contributed by atoms with Crippen LogP contribution in [0.1, 0.15) is 54.1 Å². The maximum atomic E-state index is 13.6. The molecule has 1 N–H and O–H groups in total. The summed E-state index contributed by atoms with van der Waals surface area (Å²) in [7, 11) is 0. The molecular weight excluding hydrogens is 392 g/mol. The van der Waals surface area contributed by atoms with Crippen LogP contribution in [0.15, 0.2) is 54.6 Å². The van der Waals surface area contributed by atoms with Crippen LogP contribution in [-0.4, -0.2) is 47.3 Å². The van der Waals surface area contributed by atoms with Gasteiger partial charge in [0.1, 0.15) is 6.61 Å². The third-order valence-corrected chi connectivity index (χ3v) is 6.79. The maximum absolute atomic E-state index is 13.6. The van der Waals surface area contributed by atoms with E-state index in [0.717, 1.165) is 43.4 Å². The van der Waals surface area contributed by atoms with Crippen LogP contribution in [0.5, 0.6) is 0 Å². The molecule has 6 heteroatoms. The first-order valence-electron chi connectivity index (χ1n) is 11.2. The molecule has 0 bridgehead atoms. The van der Waals surface area contributed by atoms with Crippen LogP contribution in [0, 0.1) is 5.92 Å². The Balaban J connectivity index is 1.57. The predicted molar refractivity (Wildman–Crippen MR) is 117 cm³/mol. The number of carbonyl (C=O) groups excluding carboxylic acids is 2. The Morgan fingerprint density at radius 2 is 1.74 bits per heavy atom. The number of carbonyl (C=O) groups is 2. The van der Waals surface area contributed by atoms with Crippen LogP contribution >= 0.6 is 0 Å². The lowest BCUT2D eigenvalue weighted by atomic mass is 9.81. The zero-order valence-corrected chi connectivity index (χ0v) is 17.5. The molecule has 0 radical (unpaired) electrons. The number of rotatable bonds is 5. The summed E-state index contributed by atoms with van der Waals surface area (Å²) in [4.78, 5) is 30.5. The second-order valence-corrected chi connectivity index (χ2v) is 8.68. The van der Waals surface area contributed by atoms with Gasteiger partial charge in [0.25, 0.3) is 5.91 Å². The Morgan fingerprint density at radius 1 is 1.00 bits per heavy atom. The summed E-state index contributed by atoms with van der Waals surface area (Å²) in [5, 5.41) is 9.13. The van der Waals surface area contributed by atoms with Crippen LogP contribution < -0.4 is 4.90 Å². The first-order valence-corrected chi connectivity index (χ1v) is 11.2. The van der Waals surface area contributed by atoms with E-state index in [0.29, 0.717) is 5.56 Å². The van der Waals surface area contributed by atoms with Gasteiger partial charge in [-0.2, -0.15) is 0 Å². The standard InChI is InChI=1S/C25H28N2O4/c28-15-16-31-25(30)26(18-13-14-18)23-19-9-4-5-11-21(19)27(22-12-6-10-20(22)23)24(29)17-7-2-1-3-8-17/h1-5,7-9,11,18,20,22-23,28H,6,10,12-16H2. The fourth-order valence-electron chi connectivity index (χ4n) is 5.41. The van der Waals surface area contributed by atoms with E-state index in [-0.39, 0.29) is 49.3 Å². The molecule has 31 heavy (non-hydrogen) atoms. The molecule has 1 heterocycles. The summed E-state index contributed by atoms with van der Waals surface area (Å²) in [6.45, 7) is -0.181. The maximum Gasteiger partial charge on any atom is 0.410 e. The van der Waals surface area contributed by atoms with Gasteiger partial charge in [-0.3, -0.25) is 9.69 Å². The molecule has 2 fully saturated rings. The smallest absolute Gasteiger partial charge is 0.410 e. The topological polar surface area (TPSA) is 70.1 Å². The van der Waals surface area contributed by atoms with Crippen molar-refractivity contribution in [3.63, 3.8) is 0 Å².